The van der Waals surface area contributed by atoms with Crippen molar-refractivity contribution < 1.29 is 9.90 Å². The average Bonchev–Trinajstić information content (AvgIpc) is 2.95. The van der Waals surface area contributed by atoms with Crippen molar-refractivity contribution in [3.63, 3.8) is 0 Å². The zero-order valence-corrected chi connectivity index (χ0v) is 12.6. The van der Waals surface area contributed by atoms with E-state index in [1.807, 2.05) is 12.1 Å². The number of hydrogen-bond acceptors (Lipinski definition) is 5. The van der Waals surface area contributed by atoms with E-state index >= 15 is 0 Å². The van der Waals surface area contributed by atoms with Crippen LogP contribution in [0.2, 0.25) is 0 Å². The molecule has 108 valence electrons. The second-order valence-corrected chi connectivity index (χ2v) is 5.99. The highest BCUT2D eigenvalue weighted by Crippen LogP contribution is 2.27. The summed E-state index contributed by atoms with van der Waals surface area (Å²) in [7, 11) is 0. The summed E-state index contributed by atoms with van der Waals surface area (Å²) < 4.78 is 0. The Bertz CT molecular complexity index is 684. The molecule has 0 radical (unpaired) electrons. The second kappa shape index (κ2) is 5.94. The molecule has 0 saturated heterocycles. The van der Waals surface area contributed by atoms with E-state index in [-0.39, 0.29) is 0 Å². The Morgan fingerprint density at radius 3 is 2.67 bits per heavy atom. The van der Waals surface area contributed by atoms with Crippen molar-refractivity contribution in [2.75, 3.05) is 5.32 Å². The molecule has 6 heteroatoms. The van der Waals surface area contributed by atoms with Gasteiger partial charge in [-0.15, -0.1) is 11.3 Å². The van der Waals surface area contributed by atoms with Crippen LogP contribution in [-0.2, 0) is 16.8 Å². The quantitative estimate of drug-likeness (QED) is 0.886. The monoisotopic (exact) mass is 301 g/mol. The van der Waals surface area contributed by atoms with Crippen LogP contribution in [0.15, 0.2) is 29.6 Å². The summed E-state index contributed by atoms with van der Waals surface area (Å²) in [6, 6.07) is 9.35. The number of carboxylic acids is 1. The number of thiazole rings is 1. The van der Waals surface area contributed by atoms with E-state index in [2.05, 4.69) is 16.4 Å². The highest BCUT2D eigenvalue weighted by molar-refractivity contribution is 7.13. The number of benzene rings is 1. The molecule has 0 aliphatic heterocycles. The fraction of sp³-hybridized carbons (Fsp3) is 0.267. The number of hydrogen-bond donors (Lipinski definition) is 2. The first-order chi connectivity index (χ1) is 9.93. The Hall–Kier alpha value is -2.39. The SMILES string of the molecule is CC(C)(C(=O)O)c1csc(NCc2ccc(C#N)cc2)n1. The maximum Gasteiger partial charge on any atom is 0.315 e. The topological polar surface area (TPSA) is 86.0 Å². The lowest BCUT2D eigenvalue weighted by Gasteiger charge is -2.15. The van der Waals surface area contributed by atoms with Gasteiger partial charge in [0, 0.05) is 11.9 Å². The molecule has 0 amide bonds. The van der Waals surface area contributed by atoms with E-state index in [0.29, 0.717) is 22.9 Å². The fourth-order valence-electron chi connectivity index (χ4n) is 1.63. The summed E-state index contributed by atoms with van der Waals surface area (Å²) in [5.74, 6) is -0.897. The lowest BCUT2D eigenvalue weighted by Crippen LogP contribution is -2.28. The van der Waals surface area contributed by atoms with Crippen molar-refractivity contribution in [1.82, 2.24) is 4.98 Å². The smallest absolute Gasteiger partial charge is 0.315 e. The van der Waals surface area contributed by atoms with Gasteiger partial charge in [-0.3, -0.25) is 4.79 Å². The van der Waals surface area contributed by atoms with Gasteiger partial charge in [-0.25, -0.2) is 4.98 Å². The minimum absolute atomic E-state index is 0.544. The van der Waals surface area contributed by atoms with E-state index in [9.17, 15) is 9.90 Å². The number of nitrogens with zero attached hydrogens (tertiary/aromatic N) is 2. The Morgan fingerprint density at radius 1 is 1.43 bits per heavy atom. The standard InChI is InChI=1S/C15H15N3O2S/c1-15(2,13(19)20)12-9-21-14(18-12)17-8-11-5-3-10(7-16)4-6-11/h3-6,9H,8H2,1-2H3,(H,17,18)(H,19,20). The van der Waals surface area contributed by atoms with Crippen LogP contribution in [0.4, 0.5) is 5.13 Å². The van der Waals surface area contributed by atoms with Crippen molar-refractivity contribution in [3.8, 4) is 6.07 Å². The number of carbonyl (C=O) groups is 1. The number of nitrogens with one attached hydrogen (secondary N) is 1. The molecule has 21 heavy (non-hydrogen) atoms. The molecule has 0 spiro atoms. The van der Waals surface area contributed by atoms with Gasteiger partial charge in [0.2, 0.25) is 0 Å². The van der Waals surface area contributed by atoms with Gasteiger partial charge in [-0.2, -0.15) is 5.26 Å². The molecule has 2 N–H and O–H groups in total. The molecule has 0 aliphatic carbocycles. The van der Waals surface area contributed by atoms with E-state index < -0.39 is 11.4 Å². The summed E-state index contributed by atoms with van der Waals surface area (Å²) >= 11 is 1.38. The van der Waals surface area contributed by atoms with Gasteiger partial charge < -0.3 is 10.4 Å². The molecule has 0 atom stereocenters. The summed E-state index contributed by atoms with van der Waals surface area (Å²) in [6.45, 7) is 3.84. The van der Waals surface area contributed by atoms with E-state index in [1.165, 1.54) is 11.3 Å². The number of anilines is 1. The molecule has 1 aromatic heterocycles. The Morgan fingerprint density at radius 2 is 2.10 bits per heavy atom. The van der Waals surface area contributed by atoms with Crippen molar-refractivity contribution in [2.45, 2.75) is 25.8 Å². The molecule has 0 aliphatic rings. The summed E-state index contributed by atoms with van der Waals surface area (Å²) in [6.07, 6.45) is 0. The number of rotatable bonds is 5. The third kappa shape index (κ3) is 3.38. The van der Waals surface area contributed by atoms with Gasteiger partial charge in [-0.1, -0.05) is 12.1 Å². The normalized spacial score (nSPS) is 10.9. The van der Waals surface area contributed by atoms with E-state index in [4.69, 9.17) is 5.26 Å². The highest BCUT2D eigenvalue weighted by atomic mass is 32.1. The van der Waals surface area contributed by atoms with Crippen molar-refractivity contribution in [2.24, 2.45) is 0 Å². The molecular formula is C15H15N3O2S. The molecule has 0 fully saturated rings. The average molecular weight is 301 g/mol. The van der Waals surface area contributed by atoms with Crippen LogP contribution in [0.25, 0.3) is 0 Å². The molecular weight excluding hydrogens is 286 g/mol. The number of nitriles is 1. The molecule has 0 saturated carbocycles. The van der Waals surface area contributed by atoms with Gasteiger partial charge in [0.15, 0.2) is 5.13 Å². The molecule has 2 aromatic rings. The van der Waals surface area contributed by atoms with Crippen LogP contribution in [-0.4, -0.2) is 16.1 Å². The third-order valence-corrected chi connectivity index (χ3v) is 4.01. The predicted octanol–water partition coefficient (Wildman–Crippen LogP) is 2.99. The number of carboxylic acid groups (broad SMARTS) is 1. The Labute approximate surface area is 126 Å². The molecule has 2 rings (SSSR count). The minimum Gasteiger partial charge on any atom is -0.481 e. The van der Waals surface area contributed by atoms with Crippen molar-refractivity contribution in [3.05, 3.63) is 46.5 Å². The first-order valence-electron chi connectivity index (χ1n) is 6.36. The Kier molecular flexibility index (Phi) is 4.24. The second-order valence-electron chi connectivity index (χ2n) is 5.13. The van der Waals surface area contributed by atoms with Crippen molar-refractivity contribution in [1.29, 1.82) is 5.26 Å². The fourth-order valence-corrected chi connectivity index (χ4v) is 2.50. The summed E-state index contributed by atoms with van der Waals surface area (Å²) in [5, 5.41) is 23.5. The largest absolute Gasteiger partial charge is 0.481 e. The third-order valence-electron chi connectivity index (χ3n) is 3.21. The van der Waals surface area contributed by atoms with Crippen LogP contribution < -0.4 is 5.32 Å². The maximum atomic E-state index is 11.2. The van der Waals surface area contributed by atoms with E-state index in [0.717, 1.165) is 5.56 Å². The lowest BCUT2D eigenvalue weighted by molar-refractivity contribution is -0.142. The van der Waals surface area contributed by atoms with Crippen LogP contribution in [0.5, 0.6) is 0 Å². The Balaban J connectivity index is 2.03. The van der Waals surface area contributed by atoms with Gasteiger partial charge in [-0.05, 0) is 31.5 Å². The number of aromatic nitrogens is 1. The van der Waals surface area contributed by atoms with E-state index in [1.54, 1.807) is 31.4 Å². The van der Waals surface area contributed by atoms with Crippen LogP contribution in [0, 0.1) is 11.3 Å². The zero-order chi connectivity index (χ0) is 15.5. The summed E-state index contributed by atoms with van der Waals surface area (Å²) in [5.41, 5.74) is 1.20. The van der Waals surface area contributed by atoms with Crippen molar-refractivity contribution >= 4 is 22.4 Å². The highest BCUT2D eigenvalue weighted by Gasteiger charge is 2.32. The number of aliphatic carboxylic acids is 1. The molecule has 0 unspecified atom stereocenters. The molecule has 1 aromatic carbocycles. The van der Waals surface area contributed by atoms with Crippen LogP contribution in [0.3, 0.4) is 0 Å². The molecule has 1 heterocycles. The van der Waals surface area contributed by atoms with Gasteiger partial charge in [0.25, 0.3) is 0 Å². The van der Waals surface area contributed by atoms with Gasteiger partial charge in [0.1, 0.15) is 5.41 Å². The maximum absolute atomic E-state index is 11.2. The zero-order valence-electron chi connectivity index (χ0n) is 11.8. The predicted molar refractivity (Wildman–Crippen MR) is 81.3 cm³/mol. The van der Waals surface area contributed by atoms with Crippen LogP contribution >= 0.6 is 11.3 Å². The first-order valence-corrected chi connectivity index (χ1v) is 7.24. The molecule has 5 nitrogen and oxygen atoms in total. The van der Waals surface area contributed by atoms with Gasteiger partial charge in [0.05, 0.1) is 17.3 Å². The van der Waals surface area contributed by atoms with Gasteiger partial charge >= 0.3 is 5.97 Å². The van der Waals surface area contributed by atoms with Crippen LogP contribution in [0.1, 0.15) is 30.7 Å². The minimum atomic E-state index is -0.995. The summed E-state index contributed by atoms with van der Waals surface area (Å²) in [4.78, 5) is 15.5. The first kappa shape index (κ1) is 15.0. The molecule has 0 bridgehead atoms. The lowest BCUT2D eigenvalue weighted by atomic mass is 9.90.